The third kappa shape index (κ3) is 5.46. The van der Waals surface area contributed by atoms with Crippen molar-refractivity contribution in [1.29, 1.82) is 0 Å². The van der Waals surface area contributed by atoms with E-state index in [0.717, 1.165) is 0 Å². The highest BCUT2D eigenvalue weighted by Crippen LogP contribution is 2.36. The third-order valence-corrected chi connectivity index (χ3v) is 7.71. The number of methoxy groups -OCH3 is 3. The van der Waals surface area contributed by atoms with Crippen molar-refractivity contribution in [3.8, 4) is 23.0 Å². The van der Waals surface area contributed by atoms with Crippen LogP contribution in [0.15, 0.2) is 55.9 Å². The highest BCUT2D eigenvalue weighted by molar-refractivity contribution is 9.10. The molecule has 0 radical (unpaired) electrons. The first-order valence-corrected chi connectivity index (χ1v) is 13.8. The Hall–Kier alpha value is -3.57. The van der Waals surface area contributed by atoms with Crippen LogP contribution in [0.25, 0.3) is 6.08 Å². The van der Waals surface area contributed by atoms with Gasteiger partial charge in [0.15, 0.2) is 16.3 Å². The molecule has 0 bridgehead atoms. The lowest BCUT2D eigenvalue weighted by molar-refractivity contribution is -0.139. The molecule has 1 aliphatic rings. The Morgan fingerprint density at radius 1 is 1.03 bits per heavy atom. The van der Waals surface area contributed by atoms with E-state index < -0.39 is 12.0 Å². The zero-order valence-electron chi connectivity index (χ0n) is 22.5. The van der Waals surface area contributed by atoms with Gasteiger partial charge in [-0.25, -0.2) is 9.79 Å². The average Bonchev–Trinajstić information content (AvgIpc) is 3.22. The summed E-state index contributed by atoms with van der Waals surface area (Å²) in [6.45, 7) is 5.95. The summed E-state index contributed by atoms with van der Waals surface area (Å²) in [4.78, 5) is 32.2. The molecule has 0 spiro atoms. The Morgan fingerprint density at radius 3 is 2.38 bits per heavy atom. The summed E-state index contributed by atoms with van der Waals surface area (Å²) in [5, 5.41) is 0. The molecule has 2 heterocycles. The number of aromatic nitrogens is 1. The van der Waals surface area contributed by atoms with Crippen molar-refractivity contribution in [2.75, 3.05) is 34.5 Å². The number of nitrogens with zero attached hydrogens (tertiary/aromatic N) is 2. The van der Waals surface area contributed by atoms with Crippen LogP contribution in [0.1, 0.15) is 37.9 Å². The second-order valence-corrected chi connectivity index (χ2v) is 10.2. The molecule has 0 saturated carbocycles. The van der Waals surface area contributed by atoms with Gasteiger partial charge in [0.05, 0.1) is 60.9 Å². The molecule has 39 heavy (non-hydrogen) atoms. The molecule has 206 valence electrons. The number of fused-ring (bicyclic) bond motifs is 1. The second kappa shape index (κ2) is 12.1. The molecule has 1 unspecified atom stereocenters. The summed E-state index contributed by atoms with van der Waals surface area (Å²) in [6, 6.07) is 8.13. The number of benzene rings is 2. The largest absolute Gasteiger partial charge is 0.496 e. The summed E-state index contributed by atoms with van der Waals surface area (Å²) < 4.78 is 30.2. The van der Waals surface area contributed by atoms with Crippen LogP contribution in [0, 0.1) is 0 Å². The Labute approximate surface area is 238 Å². The van der Waals surface area contributed by atoms with Crippen LogP contribution in [-0.2, 0) is 9.53 Å². The minimum absolute atomic E-state index is 0.186. The molecule has 2 aromatic carbocycles. The van der Waals surface area contributed by atoms with Crippen molar-refractivity contribution in [3.63, 3.8) is 0 Å². The van der Waals surface area contributed by atoms with Gasteiger partial charge in [0, 0.05) is 11.6 Å². The Bertz CT molecular complexity index is 1620. The molecule has 11 heteroatoms. The lowest BCUT2D eigenvalue weighted by Crippen LogP contribution is -2.40. The van der Waals surface area contributed by atoms with E-state index in [9.17, 15) is 9.59 Å². The monoisotopic (exact) mass is 616 g/mol. The fourth-order valence-electron chi connectivity index (χ4n) is 4.38. The van der Waals surface area contributed by atoms with Crippen molar-refractivity contribution < 1.29 is 28.5 Å². The van der Waals surface area contributed by atoms with Crippen molar-refractivity contribution in [3.05, 3.63) is 76.9 Å². The number of rotatable bonds is 9. The first-order chi connectivity index (χ1) is 18.8. The van der Waals surface area contributed by atoms with Crippen molar-refractivity contribution in [1.82, 2.24) is 4.57 Å². The zero-order chi connectivity index (χ0) is 28.3. The van der Waals surface area contributed by atoms with Crippen molar-refractivity contribution in [2.24, 2.45) is 4.99 Å². The molecular weight excluding hydrogens is 588 g/mol. The zero-order valence-corrected chi connectivity index (χ0v) is 24.9. The van der Waals surface area contributed by atoms with E-state index in [1.165, 1.54) is 15.9 Å². The van der Waals surface area contributed by atoms with Crippen molar-refractivity contribution >= 4 is 39.3 Å². The lowest BCUT2D eigenvalue weighted by Gasteiger charge is -2.25. The van der Waals surface area contributed by atoms with Gasteiger partial charge in [0.25, 0.3) is 5.56 Å². The van der Waals surface area contributed by atoms with Gasteiger partial charge >= 0.3 is 5.97 Å². The van der Waals surface area contributed by atoms with Crippen LogP contribution in [0.5, 0.6) is 23.0 Å². The summed E-state index contributed by atoms with van der Waals surface area (Å²) in [5.41, 5.74) is 1.80. The molecular formula is C28H29BrN2O7S. The first-order valence-electron chi connectivity index (χ1n) is 12.2. The Kier molecular flexibility index (Phi) is 8.81. The molecule has 0 aliphatic carbocycles. The Balaban J connectivity index is 1.98. The molecule has 0 N–H and O–H groups in total. The molecule has 3 aromatic rings. The maximum Gasteiger partial charge on any atom is 0.338 e. The maximum atomic E-state index is 14.0. The summed E-state index contributed by atoms with van der Waals surface area (Å²) >= 11 is 4.73. The molecule has 4 rings (SSSR count). The highest BCUT2D eigenvalue weighted by atomic mass is 79.9. The van der Waals surface area contributed by atoms with E-state index in [2.05, 4.69) is 20.9 Å². The fraction of sp³-hybridized carbons (Fsp3) is 0.321. The number of thiazole rings is 1. The molecule has 0 fully saturated rings. The van der Waals surface area contributed by atoms with Crippen LogP contribution in [0.3, 0.4) is 0 Å². The van der Waals surface area contributed by atoms with Crippen molar-refractivity contribution in [2.45, 2.75) is 26.8 Å². The van der Waals surface area contributed by atoms with Gasteiger partial charge < -0.3 is 23.7 Å². The average molecular weight is 618 g/mol. The van der Waals surface area contributed by atoms with E-state index in [1.807, 2.05) is 19.1 Å². The number of allylic oxidation sites excluding steroid dienone is 1. The van der Waals surface area contributed by atoms with E-state index in [4.69, 9.17) is 23.7 Å². The van der Waals surface area contributed by atoms with Crippen LogP contribution >= 0.6 is 27.3 Å². The number of hydrogen-bond donors (Lipinski definition) is 0. The smallest absolute Gasteiger partial charge is 0.338 e. The van der Waals surface area contributed by atoms with Gasteiger partial charge in [0.1, 0.15) is 11.5 Å². The molecule has 9 nitrogen and oxygen atoms in total. The van der Waals surface area contributed by atoms with Crippen LogP contribution in [0.2, 0.25) is 0 Å². The Morgan fingerprint density at radius 2 is 1.74 bits per heavy atom. The first kappa shape index (κ1) is 28.4. The van der Waals surface area contributed by atoms with E-state index in [0.29, 0.717) is 60.2 Å². The molecule has 1 aliphatic heterocycles. The van der Waals surface area contributed by atoms with Gasteiger partial charge in [0.2, 0.25) is 0 Å². The quantitative estimate of drug-likeness (QED) is 0.335. The van der Waals surface area contributed by atoms with E-state index in [-0.39, 0.29) is 17.7 Å². The number of carbonyl (C=O) groups is 1. The SMILES string of the molecule is CCOC(=O)C1=C(C)N=c2s/c(=C\c3cc(Br)c(OC)cc3OC)c(=O)n2C1c1ccc(OC)c(OCC)c1. The minimum atomic E-state index is -0.780. The summed E-state index contributed by atoms with van der Waals surface area (Å²) in [5.74, 6) is 1.66. The number of esters is 1. The standard InChI is InChI=1S/C28H29BrN2O7S/c1-7-37-22-12-16(9-10-19(22)34-4)25-24(27(33)38-8-2)15(3)30-28-31(25)26(32)23(39-28)13-17-11-18(29)21(36-6)14-20(17)35-5/h9-14,25H,7-8H2,1-6H3/b23-13-. The lowest BCUT2D eigenvalue weighted by atomic mass is 9.95. The predicted molar refractivity (Wildman–Crippen MR) is 152 cm³/mol. The molecule has 0 saturated heterocycles. The van der Waals surface area contributed by atoms with Crippen LogP contribution < -0.4 is 33.8 Å². The van der Waals surface area contributed by atoms with Gasteiger partial charge in [-0.3, -0.25) is 9.36 Å². The number of carbonyl (C=O) groups excluding carboxylic acids is 1. The third-order valence-electron chi connectivity index (χ3n) is 6.11. The molecule has 0 amide bonds. The number of halogens is 1. The van der Waals surface area contributed by atoms with Crippen LogP contribution in [-0.4, -0.2) is 45.1 Å². The second-order valence-electron chi connectivity index (χ2n) is 8.37. The van der Waals surface area contributed by atoms with Gasteiger partial charge in [-0.05, 0) is 66.5 Å². The van der Waals surface area contributed by atoms with Gasteiger partial charge in [-0.2, -0.15) is 0 Å². The summed E-state index contributed by atoms with van der Waals surface area (Å²) in [6.07, 6.45) is 1.74. The topological polar surface area (TPSA) is 97.6 Å². The van der Waals surface area contributed by atoms with Crippen LogP contribution in [0.4, 0.5) is 0 Å². The highest BCUT2D eigenvalue weighted by Gasteiger charge is 2.34. The molecule has 1 aromatic heterocycles. The van der Waals surface area contributed by atoms with E-state index in [1.54, 1.807) is 59.5 Å². The summed E-state index contributed by atoms with van der Waals surface area (Å²) in [7, 11) is 4.67. The normalized spacial score (nSPS) is 14.9. The van der Waals surface area contributed by atoms with Gasteiger partial charge in [-0.15, -0.1) is 0 Å². The molecule has 1 atom stereocenters. The van der Waals surface area contributed by atoms with E-state index >= 15 is 0 Å². The fourth-order valence-corrected chi connectivity index (χ4v) is 5.94. The van der Waals surface area contributed by atoms with Gasteiger partial charge in [-0.1, -0.05) is 17.4 Å². The minimum Gasteiger partial charge on any atom is -0.496 e. The number of hydrogen-bond acceptors (Lipinski definition) is 9. The maximum absolute atomic E-state index is 14.0. The number of ether oxygens (including phenoxy) is 5. The predicted octanol–water partition coefficient (Wildman–Crippen LogP) is 3.99.